The summed E-state index contributed by atoms with van der Waals surface area (Å²) in [6, 6.07) is 5.97. The first-order valence-electron chi connectivity index (χ1n) is 21.3. The SMILES string of the molecule is CC1(C)CCC2(C(=O)O)C(O)CC3(C)C(=CCC4C5(C)CCC(O)C(C)(C)C5CCC43C)C2C1.COC(=O)C1=C(C)NC(C)=C(C(=O)OC)C1c1ccccc1[N+](=O)[O-]. The van der Waals surface area contributed by atoms with Crippen molar-refractivity contribution in [2.45, 2.75) is 138 Å². The van der Waals surface area contributed by atoms with Crippen LogP contribution in [0.15, 0.2) is 58.5 Å². The maximum atomic E-state index is 12.8. The van der Waals surface area contributed by atoms with Gasteiger partial charge in [-0.05, 0) is 116 Å². The number of aliphatic carboxylic acids is 1. The number of nitro benzene ring substituents is 1. The molecule has 324 valence electrons. The summed E-state index contributed by atoms with van der Waals surface area (Å²) in [7, 11) is 2.42. The number of carboxylic acids is 1. The van der Waals surface area contributed by atoms with Crippen molar-refractivity contribution >= 4 is 23.6 Å². The Balaban J connectivity index is 0.000000209. The molecule has 1 aliphatic heterocycles. The number of hydrogen-bond acceptors (Lipinski definition) is 10. The molecule has 12 heteroatoms. The van der Waals surface area contributed by atoms with Gasteiger partial charge in [-0.1, -0.05) is 78.3 Å². The van der Waals surface area contributed by atoms with E-state index in [1.807, 2.05) is 0 Å². The van der Waals surface area contributed by atoms with Crippen molar-refractivity contribution in [3.63, 3.8) is 0 Å². The molecule has 1 heterocycles. The van der Waals surface area contributed by atoms with Crippen LogP contribution >= 0.6 is 0 Å². The van der Waals surface area contributed by atoms with Gasteiger partial charge in [0.25, 0.3) is 5.69 Å². The van der Waals surface area contributed by atoms with Crippen LogP contribution in [0, 0.1) is 60.4 Å². The molecular formula is C47H66N2O10. The number of ether oxygens (including phenoxy) is 2. The van der Waals surface area contributed by atoms with Gasteiger partial charge in [0, 0.05) is 23.0 Å². The fourth-order valence-corrected chi connectivity index (χ4v) is 13.7. The number of nitrogens with one attached hydrogen (secondary N) is 1. The minimum Gasteiger partial charge on any atom is -0.481 e. The Morgan fingerprint density at radius 1 is 0.814 bits per heavy atom. The zero-order valence-corrected chi connectivity index (χ0v) is 36.9. The third-order valence-corrected chi connectivity index (χ3v) is 17.1. The zero-order chi connectivity index (χ0) is 43.8. The smallest absolute Gasteiger partial charge is 0.336 e. The van der Waals surface area contributed by atoms with Gasteiger partial charge in [-0.25, -0.2) is 9.59 Å². The van der Waals surface area contributed by atoms with E-state index in [9.17, 15) is 39.8 Å². The summed E-state index contributed by atoms with van der Waals surface area (Å²) in [5.41, 5.74) is 1.49. The molecule has 0 saturated heterocycles. The molecule has 4 fully saturated rings. The summed E-state index contributed by atoms with van der Waals surface area (Å²) >= 11 is 0. The highest BCUT2D eigenvalue weighted by Gasteiger charge is 2.71. The van der Waals surface area contributed by atoms with Crippen LogP contribution in [0.5, 0.6) is 0 Å². The number of nitro groups is 1. The summed E-state index contributed by atoms with van der Waals surface area (Å²) in [5.74, 6) is -2.24. The summed E-state index contributed by atoms with van der Waals surface area (Å²) in [4.78, 5) is 48.4. The van der Waals surface area contributed by atoms with Crippen molar-refractivity contribution in [1.29, 1.82) is 0 Å². The van der Waals surface area contributed by atoms with Crippen LogP contribution in [0.3, 0.4) is 0 Å². The van der Waals surface area contributed by atoms with Crippen LogP contribution in [0.2, 0.25) is 0 Å². The molecule has 12 nitrogen and oxygen atoms in total. The number of hydrogen-bond donors (Lipinski definition) is 4. The van der Waals surface area contributed by atoms with Crippen molar-refractivity contribution in [2.24, 2.45) is 50.2 Å². The van der Waals surface area contributed by atoms with E-state index in [0.29, 0.717) is 36.1 Å². The van der Waals surface area contributed by atoms with Crippen molar-refractivity contribution in [3.8, 4) is 0 Å². The van der Waals surface area contributed by atoms with Gasteiger partial charge in [0.2, 0.25) is 0 Å². The van der Waals surface area contributed by atoms with E-state index in [1.165, 1.54) is 38.0 Å². The molecule has 59 heavy (non-hydrogen) atoms. The van der Waals surface area contributed by atoms with Crippen LogP contribution in [0.4, 0.5) is 5.69 Å². The van der Waals surface area contributed by atoms with E-state index in [4.69, 9.17) is 9.47 Å². The summed E-state index contributed by atoms with van der Waals surface area (Å²) in [5, 5.41) is 47.5. The van der Waals surface area contributed by atoms with Crippen LogP contribution in [0.25, 0.3) is 0 Å². The Hall–Kier alpha value is -4.03. The monoisotopic (exact) mass is 818 g/mol. The summed E-state index contributed by atoms with van der Waals surface area (Å²) < 4.78 is 9.66. The Labute approximate surface area is 349 Å². The number of carbonyl (C=O) groups is 3. The van der Waals surface area contributed by atoms with Gasteiger partial charge < -0.3 is 30.1 Å². The molecule has 6 aliphatic rings. The number of benzene rings is 1. The molecule has 0 radical (unpaired) electrons. The lowest BCUT2D eigenvalue weighted by molar-refractivity contribution is -0.385. The van der Waals surface area contributed by atoms with Gasteiger partial charge in [0.05, 0.1) is 48.4 Å². The molecule has 9 atom stereocenters. The minimum absolute atomic E-state index is 0.0218. The Morgan fingerprint density at radius 3 is 1.97 bits per heavy atom. The zero-order valence-electron chi connectivity index (χ0n) is 36.9. The van der Waals surface area contributed by atoms with Gasteiger partial charge in [0.15, 0.2) is 0 Å². The fourth-order valence-electron chi connectivity index (χ4n) is 13.7. The highest BCUT2D eigenvalue weighted by atomic mass is 16.6. The van der Waals surface area contributed by atoms with Gasteiger partial charge in [0.1, 0.15) is 5.41 Å². The van der Waals surface area contributed by atoms with E-state index in [2.05, 4.69) is 59.9 Å². The van der Waals surface area contributed by atoms with Gasteiger partial charge in [-0.2, -0.15) is 0 Å². The average Bonchev–Trinajstić information content (AvgIpc) is 3.15. The fraction of sp³-hybridized carbons (Fsp3) is 0.681. The lowest BCUT2D eigenvalue weighted by atomic mass is 9.33. The lowest BCUT2D eigenvalue weighted by Crippen LogP contribution is -2.67. The van der Waals surface area contributed by atoms with E-state index in [-0.39, 0.29) is 61.5 Å². The molecule has 9 unspecified atom stereocenters. The van der Waals surface area contributed by atoms with E-state index in [0.717, 1.165) is 44.9 Å². The van der Waals surface area contributed by atoms with Crippen LogP contribution in [0.1, 0.15) is 132 Å². The molecule has 0 amide bonds. The minimum atomic E-state index is -1.04. The van der Waals surface area contributed by atoms with Crippen molar-refractivity contribution < 1.29 is 44.1 Å². The number of fused-ring (bicyclic) bond motifs is 7. The van der Waals surface area contributed by atoms with Crippen LogP contribution in [-0.4, -0.2) is 64.6 Å². The number of allylic oxidation sites excluding steroid dienone is 4. The van der Waals surface area contributed by atoms with Crippen molar-refractivity contribution in [3.05, 3.63) is 74.1 Å². The summed E-state index contributed by atoms with van der Waals surface area (Å²) in [6.07, 6.45) is 9.35. The maximum Gasteiger partial charge on any atom is 0.336 e. The molecule has 7 rings (SSSR count). The molecule has 0 aromatic heterocycles. The lowest BCUT2D eigenvalue weighted by Gasteiger charge is -2.71. The maximum absolute atomic E-state index is 12.8. The van der Waals surface area contributed by atoms with Crippen molar-refractivity contribution in [2.75, 3.05) is 14.2 Å². The Morgan fingerprint density at radius 2 is 1.41 bits per heavy atom. The van der Waals surface area contributed by atoms with E-state index in [1.54, 1.807) is 19.9 Å². The topological polar surface area (TPSA) is 186 Å². The van der Waals surface area contributed by atoms with E-state index >= 15 is 0 Å². The summed E-state index contributed by atoms with van der Waals surface area (Å²) in [6.45, 7) is 19.7. The average molecular weight is 819 g/mol. The van der Waals surface area contributed by atoms with Crippen molar-refractivity contribution in [1.82, 2.24) is 5.32 Å². The molecule has 0 bridgehead atoms. The third-order valence-electron chi connectivity index (χ3n) is 17.1. The predicted molar refractivity (Wildman–Crippen MR) is 222 cm³/mol. The van der Waals surface area contributed by atoms with Crippen LogP contribution in [-0.2, 0) is 23.9 Å². The van der Waals surface area contributed by atoms with Gasteiger partial charge >= 0.3 is 17.9 Å². The number of para-hydroxylation sites is 1. The van der Waals surface area contributed by atoms with Crippen LogP contribution < -0.4 is 5.32 Å². The number of aliphatic hydroxyl groups excluding tert-OH is 2. The highest BCUT2D eigenvalue weighted by molar-refractivity contribution is 6.00. The van der Waals surface area contributed by atoms with Gasteiger partial charge in [-0.15, -0.1) is 0 Å². The second-order valence-corrected chi connectivity index (χ2v) is 20.6. The molecule has 1 aromatic rings. The Bertz CT molecular complexity index is 1980. The number of methoxy groups -OCH3 is 2. The second kappa shape index (κ2) is 15.2. The first-order chi connectivity index (χ1) is 27.4. The number of carboxylic acid groups (broad SMARTS) is 1. The number of esters is 2. The predicted octanol–water partition coefficient (Wildman–Crippen LogP) is 8.38. The number of dihydropyridines is 1. The number of rotatable bonds is 5. The molecule has 4 N–H and O–H groups in total. The molecule has 1 aromatic carbocycles. The quantitative estimate of drug-likeness (QED) is 0.0968. The normalized spacial score (nSPS) is 37.1. The first-order valence-corrected chi connectivity index (χ1v) is 21.3. The third kappa shape index (κ3) is 6.66. The molecular weight excluding hydrogens is 753 g/mol. The number of aliphatic hydroxyl groups is 2. The number of carbonyl (C=O) groups excluding carboxylic acids is 2. The van der Waals surface area contributed by atoms with E-state index < -0.39 is 40.3 Å². The number of nitrogens with zero attached hydrogens (tertiary/aromatic N) is 1. The highest BCUT2D eigenvalue weighted by Crippen LogP contribution is 2.75. The molecule has 4 saturated carbocycles. The largest absolute Gasteiger partial charge is 0.481 e. The first kappa shape index (κ1) is 44.5. The molecule has 0 spiro atoms. The standard InChI is InChI=1S/C30H48O4.C17H18N2O6/c1-25(2)14-15-30(24(33)34)19(16-25)18-8-9-21-27(5)12-11-22(31)26(3,4)20(27)10-13-28(21,6)29(18,7)17-23(30)32;1-9-13(16(20)24-3)15(14(10(2)18-9)17(21)25-4)11-7-5-6-8-12(11)19(22)23/h8,19-23,31-32H,9-17H2,1-7H3,(H,33,34);5-8,15,18H,1-4H3. The Kier molecular flexibility index (Phi) is 11.4. The van der Waals surface area contributed by atoms with Gasteiger partial charge in [-0.3, -0.25) is 14.9 Å². The molecule has 5 aliphatic carbocycles. The second-order valence-electron chi connectivity index (χ2n) is 20.6.